The van der Waals surface area contributed by atoms with Crippen molar-refractivity contribution in [1.29, 1.82) is 0 Å². The summed E-state index contributed by atoms with van der Waals surface area (Å²) in [6, 6.07) is 10.1. The second kappa shape index (κ2) is 9.41. The van der Waals surface area contributed by atoms with Gasteiger partial charge in [0, 0.05) is 19.1 Å². The van der Waals surface area contributed by atoms with Crippen LogP contribution in [0.4, 0.5) is 13.2 Å². The van der Waals surface area contributed by atoms with Crippen molar-refractivity contribution in [1.82, 2.24) is 10.2 Å². The van der Waals surface area contributed by atoms with Crippen LogP contribution in [0.25, 0.3) is 0 Å². The van der Waals surface area contributed by atoms with Crippen molar-refractivity contribution in [2.45, 2.75) is 38.9 Å². The first-order chi connectivity index (χ1) is 14.6. The lowest BCUT2D eigenvalue weighted by molar-refractivity contribution is -0.138. The number of aryl methyl sites for hydroxylation is 2. The van der Waals surface area contributed by atoms with Gasteiger partial charge in [-0.3, -0.25) is 9.59 Å². The SMILES string of the molecule is Cc1ccc(OCC(=O)N2CCC(NC(=O)c3ccccc3C(F)(F)F)CC2)cc1C. The Hall–Kier alpha value is -3.03. The standard InChI is InChI=1S/C23H25F3N2O3/c1-15-7-8-18(13-16(15)2)31-14-21(29)28-11-9-17(10-12-28)27-22(30)19-5-3-4-6-20(19)23(24,25)26/h3-8,13,17H,9-12,14H2,1-2H3,(H,27,30). The predicted molar refractivity (Wildman–Crippen MR) is 110 cm³/mol. The number of hydrogen-bond acceptors (Lipinski definition) is 3. The molecule has 0 atom stereocenters. The monoisotopic (exact) mass is 434 g/mol. The third-order valence-electron chi connectivity index (χ3n) is 5.50. The molecular weight excluding hydrogens is 409 g/mol. The molecule has 1 aliphatic heterocycles. The molecular formula is C23H25F3N2O3. The molecule has 0 bridgehead atoms. The topological polar surface area (TPSA) is 58.6 Å². The largest absolute Gasteiger partial charge is 0.484 e. The fourth-order valence-electron chi connectivity index (χ4n) is 3.50. The molecule has 166 valence electrons. The number of carbonyl (C=O) groups excluding carboxylic acids is 2. The molecule has 0 unspecified atom stereocenters. The first-order valence-electron chi connectivity index (χ1n) is 10.1. The van der Waals surface area contributed by atoms with E-state index in [2.05, 4.69) is 5.32 Å². The summed E-state index contributed by atoms with van der Waals surface area (Å²) in [5, 5.41) is 2.67. The zero-order chi connectivity index (χ0) is 22.6. The molecule has 2 amide bonds. The fraction of sp³-hybridized carbons (Fsp3) is 0.391. The molecule has 0 radical (unpaired) electrons. The van der Waals surface area contributed by atoms with E-state index in [1.807, 2.05) is 32.0 Å². The van der Waals surface area contributed by atoms with Crippen molar-refractivity contribution in [2.24, 2.45) is 0 Å². The Morgan fingerprint density at radius 2 is 1.74 bits per heavy atom. The molecule has 2 aromatic carbocycles. The first kappa shape index (κ1) is 22.7. The Balaban J connectivity index is 1.50. The normalized spacial score (nSPS) is 14.9. The van der Waals surface area contributed by atoms with E-state index < -0.39 is 23.2 Å². The summed E-state index contributed by atoms with van der Waals surface area (Å²) < 4.78 is 45.0. The molecule has 31 heavy (non-hydrogen) atoms. The van der Waals surface area contributed by atoms with Gasteiger partial charge in [-0.15, -0.1) is 0 Å². The van der Waals surface area contributed by atoms with E-state index in [0.717, 1.165) is 17.2 Å². The number of rotatable bonds is 5. The number of ether oxygens (including phenoxy) is 1. The molecule has 0 spiro atoms. The molecule has 1 aliphatic rings. The van der Waals surface area contributed by atoms with Crippen molar-refractivity contribution >= 4 is 11.8 Å². The maximum Gasteiger partial charge on any atom is 0.417 e. The molecule has 1 heterocycles. The predicted octanol–water partition coefficient (Wildman–Crippen LogP) is 4.12. The van der Waals surface area contributed by atoms with Gasteiger partial charge in [0.25, 0.3) is 11.8 Å². The Morgan fingerprint density at radius 3 is 2.39 bits per heavy atom. The highest BCUT2D eigenvalue weighted by molar-refractivity contribution is 5.96. The minimum atomic E-state index is -4.60. The summed E-state index contributed by atoms with van der Waals surface area (Å²) in [5.41, 5.74) is 0.869. The second-order valence-electron chi connectivity index (χ2n) is 7.71. The van der Waals surface area contributed by atoms with Gasteiger partial charge in [-0.2, -0.15) is 13.2 Å². The summed E-state index contributed by atoms with van der Waals surface area (Å²) in [6.07, 6.45) is -3.66. The van der Waals surface area contributed by atoms with Crippen molar-refractivity contribution in [3.63, 3.8) is 0 Å². The van der Waals surface area contributed by atoms with E-state index in [0.29, 0.717) is 31.7 Å². The molecule has 1 N–H and O–H groups in total. The number of amides is 2. The Labute approximate surface area is 179 Å². The number of hydrogen-bond donors (Lipinski definition) is 1. The summed E-state index contributed by atoms with van der Waals surface area (Å²) in [7, 11) is 0. The molecule has 0 aromatic heterocycles. The Kier molecular flexibility index (Phi) is 6.87. The number of nitrogens with zero attached hydrogens (tertiary/aromatic N) is 1. The highest BCUT2D eigenvalue weighted by Gasteiger charge is 2.35. The van der Waals surface area contributed by atoms with Crippen molar-refractivity contribution < 1.29 is 27.5 Å². The smallest absolute Gasteiger partial charge is 0.417 e. The van der Waals surface area contributed by atoms with Gasteiger partial charge < -0.3 is 15.0 Å². The second-order valence-corrected chi connectivity index (χ2v) is 7.71. The van der Waals surface area contributed by atoms with E-state index in [1.54, 1.807) is 4.90 Å². The number of halogens is 3. The van der Waals surface area contributed by atoms with E-state index in [4.69, 9.17) is 4.74 Å². The van der Waals surface area contributed by atoms with Crippen LogP contribution in [-0.2, 0) is 11.0 Å². The van der Waals surface area contributed by atoms with Crippen LogP contribution in [0.5, 0.6) is 5.75 Å². The number of likely N-dealkylation sites (tertiary alicyclic amines) is 1. The van der Waals surface area contributed by atoms with Crippen LogP contribution in [0.1, 0.15) is 39.9 Å². The van der Waals surface area contributed by atoms with Gasteiger partial charge in [0.1, 0.15) is 5.75 Å². The van der Waals surface area contributed by atoms with Crippen molar-refractivity contribution in [2.75, 3.05) is 19.7 Å². The summed E-state index contributed by atoms with van der Waals surface area (Å²) in [5.74, 6) is -0.289. The van der Waals surface area contributed by atoms with Crippen molar-refractivity contribution in [3.05, 3.63) is 64.7 Å². The molecule has 3 rings (SSSR count). The van der Waals surface area contributed by atoms with Crippen LogP contribution in [0, 0.1) is 13.8 Å². The highest BCUT2D eigenvalue weighted by Crippen LogP contribution is 2.32. The molecule has 0 aliphatic carbocycles. The van der Waals surface area contributed by atoms with E-state index in [1.165, 1.54) is 18.2 Å². The fourth-order valence-corrected chi connectivity index (χ4v) is 3.50. The maximum absolute atomic E-state index is 13.1. The minimum absolute atomic E-state index is 0.0848. The Bertz CT molecular complexity index is 951. The zero-order valence-electron chi connectivity index (χ0n) is 17.5. The third kappa shape index (κ3) is 5.77. The van der Waals surface area contributed by atoms with Gasteiger partial charge in [-0.05, 0) is 62.1 Å². The lowest BCUT2D eigenvalue weighted by Gasteiger charge is -2.32. The lowest BCUT2D eigenvalue weighted by Crippen LogP contribution is -2.47. The van der Waals surface area contributed by atoms with Gasteiger partial charge in [-0.1, -0.05) is 18.2 Å². The summed E-state index contributed by atoms with van der Waals surface area (Å²) in [6.45, 7) is 4.69. The van der Waals surface area contributed by atoms with E-state index in [-0.39, 0.29) is 18.6 Å². The minimum Gasteiger partial charge on any atom is -0.484 e. The number of piperidine rings is 1. The van der Waals surface area contributed by atoms with Gasteiger partial charge in [0.2, 0.25) is 0 Å². The third-order valence-corrected chi connectivity index (χ3v) is 5.50. The number of benzene rings is 2. The number of nitrogens with one attached hydrogen (secondary N) is 1. The van der Waals surface area contributed by atoms with E-state index in [9.17, 15) is 22.8 Å². The molecule has 1 fully saturated rings. The van der Waals surface area contributed by atoms with E-state index >= 15 is 0 Å². The average molecular weight is 434 g/mol. The van der Waals surface area contributed by atoms with Crippen LogP contribution in [0.2, 0.25) is 0 Å². The molecule has 2 aromatic rings. The number of alkyl halides is 3. The quantitative estimate of drug-likeness (QED) is 0.770. The Morgan fingerprint density at radius 1 is 1.06 bits per heavy atom. The van der Waals surface area contributed by atoms with Gasteiger partial charge in [0.15, 0.2) is 6.61 Å². The first-order valence-corrected chi connectivity index (χ1v) is 10.1. The summed E-state index contributed by atoms with van der Waals surface area (Å²) >= 11 is 0. The lowest BCUT2D eigenvalue weighted by atomic mass is 10.0. The summed E-state index contributed by atoms with van der Waals surface area (Å²) in [4.78, 5) is 26.5. The van der Waals surface area contributed by atoms with Crippen LogP contribution in [-0.4, -0.2) is 42.5 Å². The van der Waals surface area contributed by atoms with Gasteiger partial charge in [-0.25, -0.2) is 0 Å². The van der Waals surface area contributed by atoms with Crippen LogP contribution < -0.4 is 10.1 Å². The number of carbonyl (C=O) groups is 2. The van der Waals surface area contributed by atoms with Crippen LogP contribution >= 0.6 is 0 Å². The van der Waals surface area contributed by atoms with Gasteiger partial charge >= 0.3 is 6.18 Å². The highest BCUT2D eigenvalue weighted by atomic mass is 19.4. The molecule has 5 nitrogen and oxygen atoms in total. The molecule has 8 heteroatoms. The van der Waals surface area contributed by atoms with Crippen LogP contribution in [0.3, 0.4) is 0 Å². The molecule has 1 saturated heterocycles. The zero-order valence-corrected chi connectivity index (χ0v) is 17.5. The average Bonchev–Trinajstić information content (AvgIpc) is 2.74. The molecule has 0 saturated carbocycles. The van der Waals surface area contributed by atoms with Gasteiger partial charge in [0.05, 0.1) is 11.1 Å². The maximum atomic E-state index is 13.1. The van der Waals surface area contributed by atoms with Crippen molar-refractivity contribution in [3.8, 4) is 5.75 Å². The van der Waals surface area contributed by atoms with Crippen LogP contribution in [0.15, 0.2) is 42.5 Å².